The number of amidine groups is 1. The third kappa shape index (κ3) is 4.48. The fourth-order valence-corrected chi connectivity index (χ4v) is 4.19. The zero-order chi connectivity index (χ0) is 20.3. The number of thiophene rings is 1. The van der Waals surface area contributed by atoms with Crippen LogP contribution in [0.5, 0.6) is 0 Å². The van der Waals surface area contributed by atoms with Crippen LogP contribution in [0.15, 0.2) is 24.3 Å². The van der Waals surface area contributed by atoms with Gasteiger partial charge in [0.2, 0.25) is 5.91 Å². The minimum atomic E-state index is -0.421. The van der Waals surface area contributed by atoms with E-state index in [1.165, 1.54) is 11.3 Å². The van der Waals surface area contributed by atoms with Gasteiger partial charge in [-0.05, 0) is 30.9 Å². The molecule has 148 valence electrons. The molecule has 5 N–H and O–H groups in total. The standard InChI is InChI=1S/C19H22N4O4S/c1-2-27-16(24)8-12-5-13(23-18(12)25)9-22-19(26)15-6-10-3-4-11(17(20)21)7-14(10)28-15/h3-4,6-7,12-13H,2,5,8-9H2,1H3,(H3,20,21)(H,22,26)(H,23,25). The molecule has 3 rings (SSSR count). The Morgan fingerprint density at radius 1 is 1.39 bits per heavy atom. The highest BCUT2D eigenvalue weighted by molar-refractivity contribution is 7.20. The number of nitrogen functional groups attached to an aromatic ring is 1. The van der Waals surface area contributed by atoms with Crippen molar-refractivity contribution < 1.29 is 19.1 Å². The van der Waals surface area contributed by atoms with Crippen LogP contribution in [0.2, 0.25) is 0 Å². The molecule has 9 heteroatoms. The van der Waals surface area contributed by atoms with Gasteiger partial charge in [0.05, 0.1) is 23.8 Å². The molecule has 28 heavy (non-hydrogen) atoms. The smallest absolute Gasteiger partial charge is 0.306 e. The van der Waals surface area contributed by atoms with Gasteiger partial charge in [0.1, 0.15) is 5.84 Å². The number of hydrogen-bond donors (Lipinski definition) is 4. The van der Waals surface area contributed by atoms with Crippen molar-refractivity contribution in [2.24, 2.45) is 11.7 Å². The number of fused-ring (bicyclic) bond motifs is 1. The zero-order valence-corrected chi connectivity index (χ0v) is 16.2. The fraction of sp³-hybridized carbons (Fsp3) is 0.368. The lowest BCUT2D eigenvalue weighted by Gasteiger charge is -2.10. The molecule has 2 unspecified atom stereocenters. The summed E-state index contributed by atoms with van der Waals surface area (Å²) in [6, 6.07) is 6.94. The van der Waals surface area contributed by atoms with Crippen LogP contribution in [-0.4, -0.2) is 42.8 Å². The summed E-state index contributed by atoms with van der Waals surface area (Å²) in [4.78, 5) is 36.6. The molecule has 1 aromatic heterocycles. The van der Waals surface area contributed by atoms with E-state index in [0.717, 1.165) is 10.1 Å². The molecule has 0 radical (unpaired) electrons. The molecule has 0 spiro atoms. The number of benzene rings is 1. The molecule has 0 saturated carbocycles. The van der Waals surface area contributed by atoms with Gasteiger partial charge in [0.25, 0.3) is 5.91 Å². The molecule has 1 fully saturated rings. The Morgan fingerprint density at radius 2 is 2.18 bits per heavy atom. The molecule has 2 amide bonds. The van der Waals surface area contributed by atoms with E-state index in [0.29, 0.717) is 16.9 Å². The first kappa shape index (κ1) is 19.8. The number of carbonyl (C=O) groups is 3. The summed E-state index contributed by atoms with van der Waals surface area (Å²) in [5.41, 5.74) is 6.12. The Labute approximate surface area is 165 Å². The Kier molecular flexibility index (Phi) is 5.93. The largest absolute Gasteiger partial charge is 0.466 e. The van der Waals surface area contributed by atoms with E-state index in [2.05, 4.69) is 10.6 Å². The van der Waals surface area contributed by atoms with Crippen LogP contribution in [0.4, 0.5) is 0 Å². The predicted molar refractivity (Wildman–Crippen MR) is 106 cm³/mol. The summed E-state index contributed by atoms with van der Waals surface area (Å²) in [6.45, 7) is 2.30. The van der Waals surface area contributed by atoms with Crippen molar-refractivity contribution >= 4 is 45.0 Å². The average Bonchev–Trinajstić information content (AvgIpc) is 3.22. The van der Waals surface area contributed by atoms with Crippen LogP contribution in [0.1, 0.15) is 35.0 Å². The van der Waals surface area contributed by atoms with Gasteiger partial charge in [-0.2, -0.15) is 0 Å². The van der Waals surface area contributed by atoms with E-state index in [1.54, 1.807) is 25.1 Å². The summed E-state index contributed by atoms with van der Waals surface area (Å²) in [6.07, 6.45) is 0.533. The highest BCUT2D eigenvalue weighted by Crippen LogP contribution is 2.27. The number of amides is 2. The van der Waals surface area contributed by atoms with E-state index in [9.17, 15) is 14.4 Å². The SMILES string of the molecule is CCOC(=O)CC1CC(CNC(=O)c2cc3ccc(C(=N)N)cc3s2)NC1=O. The first-order valence-electron chi connectivity index (χ1n) is 8.99. The Balaban J connectivity index is 1.57. The van der Waals surface area contributed by atoms with Gasteiger partial charge < -0.3 is 21.1 Å². The Morgan fingerprint density at radius 3 is 2.89 bits per heavy atom. The van der Waals surface area contributed by atoms with Crippen LogP contribution in [0.3, 0.4) is 0 Å². The van der Waals surface area contributed by atoms with Crippen molar-refractivity contribution in [3.63, 3.8) is 0 Å². The molecular formula is C19H22N4O4S. The second kappa shape index (κ2) is 8.39. The first-order chi connectivity index (χ1) is 13.4. The molecule has 2 aromatic rings. The fourth-order valence-electron chi connectivity index (χ4n) is 3.17. The van der Waals surface area contributed by atoms with Crippen LogP contribution < -0.4 is 16.4 Å². The number of carbonyl (C=O) groups excluding carboxylic acids is 3. The summed E-state index contributed by atoms with van der Waals surface area (Å²) in [5.74, 6) is -1.24. The van der Waals surface area contributed by atoms with Crippen molar-refractivity contribution in [1.82, 2.24) is 10.6 Å². The van der Waals surface area contributed by atoms with Crippen LogP contribution in [-0.2, 0) is 14.3 Å². The van der Waals surface area contributed by atoms with Crippen molar-refractivity contribution in [3.05, 3.63) is 34.7 Å². The topological polar surface area (TPSA) is 134 Å². The Hall–Kier alpha value is -2.94. The van der Waals surface area contributed by atoms with Gasteiger partial charge in [-0.1, -0.05) is 12.1 Å². The molecule has 1 saturated heterocycles. The number of ether oxygens (including phenoxy) is 1. The predicted octanol–water partition coefficient (Wildman–Crippen LogP) is 1.37. The van der Waals surface area contributed by atoms with Gasteiger partial charge >= 0.3 is 5.97 Å². The summed E-state index contributed by atoms with van der Waals surface area (Å²) < 4.78 is 5.76. The lowest BCUT2D eigenvalue weighted by molar-refractivity contribution is -0.145. The van der Waals surface area contributed by atoms with Gasteiger partial charge in [-0.3, -0.25) is 19.8 Å². The van der Waals surface area contributed by atoms with Gasteiger partial charge in [-0.25, -0.2) is 0 Å². The van der Waals surface area contributed by atoms with Gasteiger partial charge in [-0.15, -0.1) is 11.3 Å². The number of hydrogen-bond acceptors (Lipinski definition) is 6. The minimum Gasteiger partial charge on any atom is -0.466 e. The molecule has 0 bridgehead atoms. The third-order valence-corrected chi connectivity index (χ3v) is 5.67. The molecule has 1 aliphatic heterocycles. The molecule has 0 aliphatic carbocycles. The Bertz CT molecular complexity index is 939. The maximum Gasteiger partial charge on any atom is 0.306 e. The minimum absolute atomic E-state index is 0.0179. The normalized spacial score (nSPS) is 18.7. The second-order valence-electron chi connectivity index (χ2n) is 6.63. The number of nitrogens with two attached hydrogens (primary N) is 1. The van der Waals surface area contributed by atoms with Crippen LogP contribution in [0.25, 0.3) is 10.1 Å². The van der Waals surface area contributed by atoms with Crippen LogP contribution in [0, 0.1) is 11.3 Å². The van der Waals surface area contributed by atoms with Crippen molar-refractivity contribution in [2.75, 3.05) is 13.2 Å². The van der Waals surface area contributed by atoms with E-state index >= 15 is 0 Å². The maximum atomic E-state index is 12.5. The number of esters is 1. The van der Waals surface area contributed by atoms with Crippen molar-refractivity contribution in [1.29, 1.82) is 5.41 Å². The summed E-state index contributed by atoms with van der Waals surface area (Å²) in [7, 11) is 0. The molecule has 2 atom stereocenters. The van der Waals surface area contributed by atoms with Crippen LogP contribution >= 0.6 is 11.3 Å². The zero-order valence-electron chi connectivity index (χ0n) is 15.4. The number of rotatable bonds is 7. The lowest BCUT2D eigenvalue weighted by atomic mass is 10.0. The van der Waals surface area contributed by atoms with E-state index < -0.39 is 5.92 Å². The van der Waals surface area contributed by atoms with Crippen molar-refractivity contribution in [3.8, 4) is 0 Å². The van der Waals surface area contributed by atoms with Crippen molar-refractivity contribution in [2.45, 2.75) is 25.8 Å². The van der Waals surface area contributed by atoms with Gasteiger partial charge in [0, 0.05) is 22.8 Å². The second-order valence-corrected chi connectivity index (χ2v) is 7.72. The third-order valence-electron chi connectivity index (χ3n) is 4.57. The molecule has 8 nitrogen and oxygen atoms in total. The highest BCUT2D eigenvalue weighted by Gasteiger charge is 2.33. The summed E-state index contributed by atoms with van der Waals surface area (Å²) in [5, 5.41) is 14.0. The lowest BCUT2D eigenvalue weighted by Crippen LogP contribution is -2.38. The summed E-state index contributed by atoms with van der Waals surface area (Å²) >= 11 is 1.32. The highest BCUT2D eigenvalue weighted by atomic mass is 32.1. The van der Waals surface area contributed by atoms with Gasteiger partial charge in [0.15, 0.2) is 0 Å². The molecular weight excluding hydrogens is 380 g/mol. The molecule has 2 heterocycles. The quantitative estimate of drug-likeness (QED) is 0.315. The van der Waals surface area contributed by atoms with E-state index in [-0.39, 0.29) is 49.2 Å². The number of nitrogens with one attached hydrogen (secondary N) is 3. The monoisotopic (exact) mass is 402 g/mol. The molecule has 1 aromatic carbocycles. The van der Waals surface area contributed by atoms with E-state index in [4.69, 9.17) is 15.9 Å². The average molecular weight is 402 g/mol. The first-order valence-corrected chi connectivity index (χ1v) is 9.81. The molecule has 1 aliphatic rings. The van der Waals surface area contributed by atoms with E-state index in [1.807, 2.05) is 6.07 Å². The maximum absolute atomic E-state index is 12.5.